The molecule has 1 unspecified atom stereocenters. The van der Waals surface area contributed by atoms with Gasteiger partial charge in [0.2, 0.25) is 11.8 Å². The Bertz CT molecular complexity index is 977. The number of amides is 2. The molecule has 0 spiro atoms. The minimum atomic E-state index is -0.460. The van der Waals surface area contributed by atoms with Gasteiger partial charge >= 0.3 is 0 Å². The average molecular weight is 367 g/mol. The molecule has 4 heterocycles. The maximum atomic E-state index is 12.6. The Balaban J connectivity index is 1.36. The molecule has 4 rings (SSSR count). The molecule has 0 bridgehead atoms. The lowest BCUT2D eigenvalue weighted by molar-refractivity contribution is -0.136. The van der Waals surface area contributed by atoms with Crippen LogP contribution in [0.2, 0.25) is 0 Å². The number of fused-ring (bicyclic) bond motifs is 1. The molecule has 8 heteroatoms. The van der Waals surface area contributed by atoms with E-state index in [4.69, 9.17) is 4.42 Å². The minimum Gasteiger partial charge on any atom is -0.464 e. The lowest BCUT2D eigenvalue weighted by Gasteiger charge is -2.23. The molecule has 0 aliphatic carbocycles. The molecule has 0 saturated carbocycles. The van der Waals surface area contributed by atoms with Crippen molar-refractivity contribution in [1.82, 2.24) is 24.8 Å². The Hall–Kier alpha value is -3.16. The number of nitrogens with zero attached hydrogens (tertiary/aromatic N) is 4. The van der Waals surface area contributed by atoms with Gasteiger partial charge in [0.1, 0.15) is 23.4 Å². The Morgan fingerprint density at radius 3 is 3.00 bits per heavy atom. The van der Waals surface area contributed by atoms with Crippen molar-refractivity contribution in [3.05, 3.63) is 53.9 Å². The van der Waals surface area contributed by atoms with Crippen LogP contribution in [0.15, 0.2) is 40.9 Å². The highest BCUT2D eigenvalue weighted by atomic mass is 16.3. The Kier molecular flexibility index (Phi) is 4.62. The molecule has 3 aromatic rings. The van der Waals surface area contributed by atoms with Crippen LogP contribution in [0.5, 0.6) is 0 Å². The van der Waals surface area contributed by atoms with E-state index in [0.717, 1.165) is 17.2 Å². The first kappa shape index (κ1) is 17.3. The van der Waals surface area contributed by atoms with Crippen LogP contribution in [0.4, 0.5) is 0 Å². The number of furan rings is 1. The quantitative estimate of drug-likeness (QED) is 0.712. The van der Waals surface area contributed by atoms with E-state index in [-0.39, 0.29) is 11.8 Å². The van der Waals surface area contributed by atoms with Crippen LogP contribution >= 0.6 is 0 Å². The fourth-order valence-corrected chi connectivity index (χ4v) is 3.42. The Morgan fingerprint density at radius 1 is 1.30 bits per heavy atom. The van der Waals surface area contributed by atoms with E-state index >= 15 is 0 Å². The van der Waals surface area contributed by atoms with Crippen molar-refractivity contribution in [2.24, 2.45) is 0 Å². The van der Waals surface area contributed by atoms with Gasteiger partial charge < -0.3 is 14.6 Å². The molecular weight excluding hydrogens is 346 g/mol. The molecule has 140 valence electrons. The van der Waals surface area contributed by atoms with Crippen molar-refractivity contribution in [1.29, 1.82) is 0 Å². The second-order valence-electron chi connectivity index (χ2n) is 6.67. The number of pyridine rings is 1. The van der Waals surface area contributed by atoms with Gasteiger partial charge in [-0.2, -0.15) is 0 Å². The molecule has 0 aromatic carbocycles. The fraction of sp³-hybridized carbons (Fsp3) is 0.368. The van der Waals surface area contributed by atoms with Crippen molar-refractivity contribution >= 4 is 17.5 Å². The van der Waals surface area contributed by atoms with Gasteiger partial charge in [0.25, 0.3) is 0 Å². The van der Waals surface area contributed by atoms with E-state index in [1.165, 1.54) is 0 Å². The van der Waals surface area contributed by atoms with Crippen molar-refractivity contribution in [2.75, 3.05) is 6.54 Å². The highest BCUT2D eigenvalue weighted by Crippen LogP contribution is 2.22. The largest absolute Gasteiger partial charge is 0.464 e. The zero-order valence-corrected chi connectivity index (χ0v) is 15.1. The summed E-state index contributed by atoms with van der Waals surface area (Å²) in [5.74, 6) is 2.11. The Morgan fingerprint density at radius 2 is 2.19 bits per heavy atom. The fourth-order valence-electron chi connectivity index (χ4n) is 3.42. The van der Waals surface area contributed by atoms with Gasteiger partial charge in [-0.3, -0.25) is 14.0 Å². The van der Waals surface area contributed by atoms with Crippen molar-refractivity contribution in [3.63, 3.8) is 0 Å². The molecule has 27 heavy (non-hydrogen) atoms. The van der Waals surface area contributed by atoms with Crippen LogP contribution in [-0.4, -0.2) is 43.9 Å². The van der Waals surface area contributed by atoms with Crippen LogP contribution in [0.1, 0.15) is 30.2 Å². The number of hydrogen-bond acceptors (Lipinski definition) is 5. The topological polar surface area (TPSA) is 92.7 Å². The number of aromatic nitrogens is 3. The molecule has 0 radical (unpaired) electrons. The third kappa shape index (κ3) is 3.55. The van der Waals surface area contributed by atoms with Crippen LogP contribution < -0.4 is 5.32 Å². The van der Waals surface area contributed by atoms with Gasteiger partial charge in [-0.1, -0.05) is 6.07 Å². The number of nitrogens with one attached hydrogen (secondary N) is 1. The summed E-state index contributed by atoms with van der Waals surface area (Å²) in [4.78, 5) is 26.4. The Labute approximate surface area is 156 Å². The van der Waals surface area contributed by atoms with E-state index in [1.54, 1.807) is 4.90 Å². The first-order valence-electron chi connectivity index (χ1n) is 9.03. The molecule has 1 fully saturated rings. The van der Waals surface area contributed by atoms with Crippen LogP contribution in [-0.2, 0) is 22.6 Å². The third-order valence-corrected chi connectivity index (χ3v) is 4.79. The van der Waals surface area contributed by atoms with Crippen molar-refractivity contribution in [3.8, 4) is 0 Å². The zero-order valence-electron chi connectivity index (χ0n) is 15.1. The maximum Gasteiger partial charge on any atom is 0.242 e. The summed E-state index contributed by atoms with van der Waals surface area (Å²) in [6.07, 6.45) is 3.37. The van der Waals surface area contributed by atoms with Gasteiger partial charge in [0.05, 0.1) is 6.54 Å². The molecule has 1 aliphatic rings. The van der Waals surface area contributed by atoms with E-state index in [0.29, 0.717) is 38.1 Å². The molecule has 3 aromatic heterocycles. The van der Waals surface area contributed by atoms with Crippen molar-refractivity contribution < 1.29 is 14.0 Å². The second-order valence-corrected chi connectivity index (χ2v) is 6.67. The molecule has 1 saturated heterocycles. The van der Waals surface area contributed by atoms with E-state index in [2.05, 4.69) is 15.5 Å². The molecule has 1 N–H and O–H groups in total. The summed E-state index contributed by atoms with van der Waals surface area (Å²) >= 11 is 0. The predicted octanol–water partition coefficient (Wildman–Crippen LogP) is 1.48. The summed E-state index contributed by atoms with van der Waals surface area (Å²) in [6.45, 7) is 2.61. The highest BCUT2D eigenvalue weighted by molar-refractivity contribution is 5.90. The molecular formula is C19H21N5O3. The molecule has 1 atom stereocenters. The average Bonchev–Trinajstić information content (AvgIpc) is 3.36. The molecule has 1 aliphatic heterocycles. The lowest BCUT2D eigenvalue weighted by atomic mass is 10.2. The van der Waals surface area contributed by atoms with Crippen LogP contribution in [0, 0.1) is 6.92 Å². The SMILES string of the molecule is Cc1ccc(CN2C(=O)CCC2C(=O)NCCc2nnc3ccccn23)o1. The number of carbonyl (C=O) groups excluding carboxylic acids is 2. The number of carbonyl (C=O) groups is 2. The second kappa shape index (κ2) is 7.22. The van der Waals surface area contributed by atoms with Gasteiger partial charge in [0.15, 0.2) is 5.65 Å². The van der Waals surface area contributed by atoms with Crippen LogP contribution in [0.3, 0.4) is 0 Å². The highest BCUT2D eigenvalue weighted by Gasteiger charge is 2.36. The minimum absolute atomic E-state index is 0.0207. The van der Waals surface area contributed by atoms with E-state index in [9.17, 15) is 9.59 Å². The maximum absolute atomic E-state index is 12.6. The first-order chi connectivity index (χ1) is 13.1. The first-order valence-corrected chi connectivity index (χ1v) is 9.03. The number of hydrogen-bond donors (Lipinski definition) is 1. The summed E-state index contributed by atoms with van der Waals surface area (Å²) in [7, 11) is 0. The summed E-state index contributed by atoms with van der Waals surface area (Å²) < 4.78 is 7.45. The van der Waals surface area contributed by atoms with Gasteiger partial charge in [0, 0.05) is 25.6 Å². The summed E-state index contributed by atoms with van der Waals surface area (Å²) in [5.41, 5.74) is 0.778. The van der Waals surface area contributed by atoms with E-state index < -0.39 is 6.04 Å². The van der Waals surface area contributed by atoms with Crippen molar-refractivity contribution in [2.45, 2.75) is 38.8 Å². The predicted molar refractivity (Wildman–Crippen MR) is 96.7 cm³/mol. The summed E-state index contributed by atoms with van der Waals surface area (Å²) in [6, 6.07) is 8.93. The summed E-state index contributed by atoms with van der Waals surface area (Å²) in [5, 5.41) is 11.2. The number of rotatable bonds is 6. The number of likely N-dealkylation sites (tertiary alicyclic amines) is 1. The normalized spacial score (nSPS) is 17.0. The van der Waals surface area contributed by atoms with Gasteiger partial charge in [-0.05, 0) is 37.6 Å². The smallest absolute Gasteiger partial charge is 0.242 e. The van der Waals surface area contributed by atoms with Gasteiger partial charge in [-0.15, -0.1) is 10.2 Å². The third-order valence-electron chi connectivity index (χ3n) is 4.79. The molecule has 8 nitrogen and oxygen atoms in total. The number of aryl methyl sites for hydroxylation is 1. The van der Waals surface area contributed by atoms with Crippen LogP contribution in [0.25, 0.3) is 5.65 Å². The lowest BCUT2D eigenvalue weighted by Crippen LogP contribution is -2.44. The van der Waals surface area contributed by atoms with E-state index in [1.807, 2.05) is 47.9 Å². The zero-order chi connectivity index (χ0) is 18.8. The standard InChI is InChI=1S/C19H21N5O3/c1-13-5-6-14(27-13)12-24-15(7-8-18(24)25)19(26)20-10-9-17-22-21-16-4-2-3-11-23(16)17/h2-6,11,15H,7-10,12H2,1H3,(H,20,26). The van der Waals surface area contributed by atoms with Gasteiger partial charge in [-0.25, -0.2) is 0 Å². The molecule has 2 amide bonds. The monoisotopic (exact) mass is 367 g/mol.